The fraction of sp³-hybridized carbons (Fsp3) is 0.318. The Morgan fingerprint density at radius 1 is 1.00 bits per heavy atom. The molecule has 0 amide bonds. The molecule has 0 bridgehead atoms. The van der Waals surface area contributed by atoms with E-state index in [-0.39, 0.29) is 11.1 Å². The largest absolute Gasteiger partial charge is 0.401 e. The predicted molar refractivity (Wildman–Crippen MR) is 108 cm³/mol. The second-order valence-corrected chi connectivity index (χ2v) is 11.6. The van der Waals surface area contributed by atoms with Gasteiger partial charge in [0.25, 0.3) is 8.32 Å². The Morgan fingerprint density at radius 2 is 1.48 bits per heavy atom. The molecule has 0 aliphatic heterocycles. The number of benzene rings is 2. The number of hydrogen-bond acceptors (Lipinski definition) is 2. The Balaban J connectivity index is 2.63. The summed E-state index contributed by atoms with van der Waals surface area (Å²) in [5.74, 6) is 0. The van der Waals surface area contributed by atoms with Gasteiger partial charge in [-0.2, -0.15) is 0 Å². The van der Waals surface area contributed by atoms with Gasteiger partial charge < -0.3 is 9.22 Å². The van der Waals surface area contributed by atoms with Crippen molar-refractivity contribution >= 4 is 25.0 Å². The Morgan fingerprint density at radius 3 is 1.84 bits per heavy atom. The third kappa shape index (κ3) is 4.17. The fourth-order valence-corrected chi connectivity index (χ4v) is 8.06. The average Bonchev–Trinajstić information content (AvgIpc) is 2.62. The van der Waals surface area contributed by atoms with Crippen molar-refractivity contribution < 1.29 is 9.22 Å². The zero-order valence-electron chi connectivity index (χ0n) is 15.4. The van der Waals surface area contributed by atoms with Gasteiger partial charge in [0.15, 0.2) is 0 Å². The zero-order valence-corrected chi connectivity index (χ0v) is 16.4. The van der Waals surface area contributed by atoms with E-state index in [1.54, 1.807) is 0 Å². The molecule has 2 aromatic rings. The standard InChI is InChI=1S/C22H28O2Si/c1-5-19(13-12-18-23)24-25(22(2,3)4,20-14-8-6-9-15-20)21-16-10-7-11-17-21/h5-11,14-19H,1,12-13H2,2-4H3. The maximum atomic E-state index is 10.8. The van der Waals surface area contributed by atoms with Crippen molar-refractivity contribution in [3.8, 4) is 0 Å². The van der Waals surface area contributed by atoms with Crippen LogP contribution in [0.3, 0.4) is 0 Å². The molecule has 25 heavy (non-hydrogen) atoms. The number of carbonyl (C=O) groups excluding carboxylic acids is 1. The summed E-state index contributed by atoms with van der Waals surface area (Å²) in [6.45, 7) is 10.7. The molecule has 0 aliphatic rings. The van der Waals surface area contributed by atoms with E-state index in [1.807, 2.05) is 18.2 Å². The van der Waals surface area contributed by atoms with E-state index in [2.05, 4.69) is 75.9 Å². The lowest BCUT2D eigenvalue weighted by molar-refractivity contribution is -0.108. The summed E-state index contributed by atoms with van der Waals surface area (Å²) < 4.78 is 6.89. The normalized spacial score (nSPS) is 13.2. The van der Waals surface area contributed by atoms with Gasteiger partial charge in [0, 0.05) is 6.42 Å². The SMILES string of the molecule is C=CC(CCC=O)O[Si](c1ccccc1)(c1ccccc1)C(C)(C)C. The van der Waals surface area contributed by atoms with Crippen LogP contribution in [0.15, 0.2) is 73.3 Å². The highest BCUT2D eigenvalue weighted by Gasteiger charge is 2.51. The monoisotopic (exact) mass is 352 g/mol. The van der Waals surface area contributed by atoms with Crippen LogP contribution in [0.25, 0.3) is 0 Å². The first-order valence-corrected chi connectivity index (χ1v) is 10.7. The fourth-order valence-electron chi connectivity index (χ4n) is 3.38. The first kappa shape index (κ1) is 19.4. The van der Waals surface area contributed by atoms with Crippen LogP contribution in [0.4, 0.5) is 0 Å². The minimum atomic E-state index is -2.57. The second-order valence-electron chi connectivity index (χ2n) is 7.30. The van der Waals surface area contributed by atoms with Crippen molar-refractivity contribution in [2.75, 3.05) is 0 Å². The smallest absolute Gasteiger partial charge is 0.261 e. The predicted octanol–water partition coefficient (Wildman–Crippen LogP) is 4.10. The maximum absolute atomic E-state index is 10.8. The van der Waals surface area contributed by atoms with Crippen LogP contribution in [0.1, 0.15) is 33.6 Å². The molecule has 2 aromatic carbocycles. The Hall–Kier alpha value is -1.97. The van der Waals surface area contributed by atoms with Crippen LogP contribution in [-0.4, -0.2) is 20.7 Å². The lowest BCUT2D eigenvalue weighted by Crippen LogP contribution is -2.67. The molecule has 0 radical (unpaired) electrons. The third-order valence-corrected chi connectivity index (χ3v) is 9.64. The first-order valence-electron chi connectivity index (χ1n) is 8.80. The molecule has 1 unspecified atom stereocenters. The van der Waals surface area contributed by atoms with Crippen LogP contribution < -0.4 is 10.4 Å². The van der Waals surface area contributed by atoms with Gasteiger partial charge in [-0.1, -0.05) is 87.5 Å². The van der Waals surface area contributed by atoms with Gasteiger partial charge in [0.05, 0.1) is 6.10 Å². The van der Waals surface area contributed by atoms with E-state index >= 15 is 0 Å². The number of carbonyl (C=O) groups is 1. The summed E-state index contributed by atoms with van der Waals surface area (Å²) in [6.07, 6.45) is 3.79. The van der Waals surface area contributed by atoms with Crippen LogP contribution in [0.5, 0.6) is 0 Å². The Kier molecular flexibility index (Phi) is 6.51. The molecule has 3 heteroatoms. The lowest BCUT2D eigenvalue weighted by atomic mass is 10.2. The molecule has 2 rings (SSSR count). The van der Waals surface area contributed by atoms with Gasteiger partial charge in [-0.3, -0.25) is 0 Å². The quantitative estimate of drug-likeness (QED) is 0.406. The number of aldehydes is 1. The van der Waals surface area contributed by atoms with Crippen LogP contribution >= 0.6 is 0 Å². The summed E-state index contributed by atoms with van der Waals surface area (Å²) in [5, 5.41) is 2.41. The molecule has 132 valence electrons. The van der Waals surface area contributed by atoms with Crippen molar-refractivity contribution in [1.29, 1.82) is 0 Å². The molecule has 0 saturated heterocycles. The minimum Gasteiger partial charge on any atom is -0.401 e. The Labute approximate surface area is 152 Å². The number of rotatable bonds is 8. The highest BCUT2D eigenvalue weighted by atomic mass is 28.4. The molecule has 2 nitrogen and oxygen atoms in total. The van der Waals surface area contributed by atoms with Gasteiger partial charge >= 0.3 is 0 Å². The Bertz CT molecular complexity index is 635. The minimum absolute atomic E-state index is 0.0713. The number of hydrogen-bond donors (Lipinski definition) is 0. The van der Waals surface area contributed by atoms with Crippen molar-refractivity contribution in [3.05, 3.63) is 73.3 Å². The molecule has 0 heterocycles. The van der Waals surface area contributed by atoms with Crippen molar-refractivity contribution in [3.63, 3.8) is 0 Å². The molecular weight excluding hydrogens is 324 g/mol. The highest BCUT2D eigenvalue weighted by Crippen LogP contribution is 2.37. The van der Waals surface area contributed by atoms with Gasteiger partial charge in [-0.25, -0.2) is 0 Å². The second kappa shape index (κ2) is 8.41. The molecule has 0 aliphatic carbocycles. The van der Waals surface area contributed by atoms with Crippen LogP contribution in [-0.2, 0) is 9.22 Å². The molecule has 0 N–H and O–H groups in total. The van der Waals surface area contributed by atoms with Gasteiger partial charge in [-0.15, -0.1) is 6.58 Å². The van der Waals surface area contributed by atoms with E-state index in [0.29, 0.717) is 12.8 Å². The zero-order chi connectivity index (χ0) is 18.3. The molecule has 0 aromatic heterocycles. The third-order valence-electron chi connectivity index (χ3n) is 4.58. The van der Waals surface area contributed by atoms with Gasteiger partial charge in [0.2, 0.25) is 0 Å². The van der Waals surface area contributed by atoms with Crippen LogP contribution in [0.2, 0.25) is 5.04 Å². The van der Waals surface area contributed by atoms with Crippen molar-refractivity contribution in [2.24, 2.45) is 0 Å². The van der Waals surface area contributed by atoms with E-state index in [9.17, 15) is 4.79 Å². The highest BCUT2D eigenvalue weighted by molar-refractivity contribution is 6.99. The van der Waals surface area contributed by atoms with E-state index in [4.69, 9.17) is 4.43 Å². The van der Waals surface area contributed by atoms with Crippen molar-refractivity contribution in [1.82, 2.24) is 0 Å². The van der Waals surface area contributed by atoms with E-state index in [1.165, 1.54) is 10.4 Å². The van der Waals surface area contributed by atoms with E-state index in [0.717, 1.165) is 6.29 Å². The summed E-state index contributed by atoms with van der Waals surface area (Å²) >= 11 is 0. The lowest BCUT2D eigenvalue weighted by Gasteiger charge is -2.44. The summed E-state index contributed by atoms with van der Waals surface area (Å²) in [4.78, 5) is 10.8. The molecular formula is C22H28O2Si. The summed E-state index contributed by atoms with van der Waals surface area (Å²) in [5.41, 5.74) is 0. The molecule has 0 fully saturated rings. The summed E-state index contributed by atoms with van der Waals surface area (Å²) in [7, 11) is -2.57. The average molecular weight is 353 g/mol. The van der Waals surface area contributed by atoms with E-state index < -0.39 is 8.32 Å². The maximum Gasteiger partial charge on any atom is 0.261 e. The van der Waals surface area contributed by atoms with Crippen LogP contribution in [0, 0.1) is 0 Å². The van der Waals surface area contributed by atoms with Gasteiger partial charge in [0.1, 0.15) is 6.29 Å². The molecule has 1 atom stereocenters. The molecule has 0 saturated carbocycles. The summed E-state index contributed by atoms with van der Waals surface area (Å²) in [6, 6.07) is 21.0. The topological polar surface area (TPSA) is 26.3 Å². The first-order chi connectivity index (χ1) is 12.0. The van der Waals surface area contributed by atoms with Crippen molar-refractivity contribution in [2.45, 2.75) is 44.8 Å². The van der Waals surface area contributed by atoms with Gasteiger partial charge in [-0.05, 0) is 21.8 Å². The molecule has 0 spiro atoms.